The first-order valence-corrected chi connectivity index (χ1v) is 7.72. The van der Waals surface area contributed by atoms with Gasteiger partial charge in [-0.25, -0.2) is 9.20 Å². The summed E-state index contributed by atoms with van der Waals surface area (Å²) in [4.78, 5) is 6.03. The largest absolute Gasteiger partial charge is 0.369 e. The van der Waals surface area contributed by atoms with E-state index in [1.165, 1.54) is 6.26 Å². The average Bonchev–Trinajstić information content (AvgIpc) is 2.23. The van der Waals surface area contributed by atoms with Crippen molar-refractivity contribution in [2.45, 2.75) is 6.92 Å². The number of nitrogens with zero attached hydrogens (tertiary/aromatic N) is 3. The molecule has 0 aromatic heterocycles. The van der Waals surface area contributed by atoms with Gasteiger partial charge in [0.25, 0.3) is 0 Å². The Hall–Kier alpha value is -2.00. The summed E-state index contributed by atoms with van der Waals surface area (Å²) >= 11 is 0. The molecule has 0 aliphatic heterocycles. The minimum atomic E-state index is -2.36. The first-order valence-electron chi connectivity index (χ1n) is 5.58. The number of anilines is 1. The number of aryl methyl sites for hydroxylation is 1. The molecule has 1 aromatic carbocycles. The van der Waals surface area contributed by atoms with Crippen molar-refractivity contribution in [2.24, 2.45) is 4.99 Å². The van der Waals surface area contributed by atoms with Gasteiger partial charge < -0.3 is 9.62 Å². The van der Waals surface area contributed by atoms with Gasteiger partial charge in [0.2, 0.25) is 0 Å². The molecule has 1 rings (SSSR count). The van der Waals surface area contributed by atoms with E-state index in [0.717, 1.165) is 5.56 Å². The molecule has 0 amide bonds. The van der Waals surface area contributed by atoms with Gasteiger partial charge in [0.15, 0.2) is 0 Å². The third-order valence-corrected chi connectivity index (χ3v) is 2.86. The van der Waals surface area contributed by atoms with E-state index in [9.17, 15) is 4.21 Å². The Morgan fingerprint density at radius 3 is 2.63 bits per heavy atom. The highest BCUT2D eigenvalue weighted by atomic mass is 32.2. The third kappa shape index (κ3) is 4.64. The lowest BCUT2D eigenvalue weighted by Gasteiger charge is -2.11. The topological polar surface area (TPSA) is 68.5 Å². The fourth-order valence-electron chi connectivity index (χ4n) is 1.50. The van der Waals surface area contributed by atoms with Crippen LogP contribution in [0.15, 0.2) is 17.1 Å². The molecule has 1 N–H and O–H groups in total. The predicted molar refractivity (Wildman–Crippen MR) is 82.5 cm³/mol. The van der Waals surface area contributed by atoms with Gasteiger partial charge >= 0.3 is 0 Å². The molecule has 6 heteroatoms. The van der Waals surface area contributed by atoms with Crippen LogP contribution in [0.25, 0.3) is 0 Å². The van der Waals surface area contributed by atoms with E-state index in [2.05, 4.69) is 21.7 Å². The summed E-state index contributed by atoms with van der Waals surface area (Å²) in [5, 5.41) is 9.16. The molecule has 0 aliphatic rings. The van der Waals surface area contributed by atoms with Crippen LogP contribution in [0.3, 0.4) is 0 Å². The van der Waals surface area contributed by atoms with Gasteiger partial charge in [-0.05, 0) is 30.5 Å². The SMILES string of the molecule is C=S(C)(=O)Nc1cc(C)c(C#N)c(N=CN(C)C)c1. The lowest BCUT2D eigenvalue weighted by atomic mass is 10.1. The van der Waals surface area contributed by atoms with Gasteiger partial charge in [0, 0.05) is 35.7 Å². The van der Waals surface area contributed by atoms with Crippen molar-refractivity contribution in [1.82, 2.24) is 4.90 Å². The molecular formula is C13H18N4OS. The van der Waals surface area contributed by atoms with Crippen molar-refractivity contribution in [2.75, 3.05) is 25.1 Å². The fourth-order valence-corrected chi connectivity index (χ4v) is 2.12. The van der Waals surface area contributed by atoms with Crippen molar-refractivity contribution >= 4 is 33.3 Å². The van der Waals surface area contributed by atoms with E-state index in [1.807, 2.05) is 21.0 Å². The Bertz CT molecular complexity index is 639. The molecule has 0 saturated carbocycles. The van der Waals surface area contributed by atoms with Crippen molar-refractivity contribution in [3.63, 3.8) is 0 Å². The maximum Gasteiger partial charge on any atom is 0.102 e. The van der Waals surface area contributed by atoms with Crippen molar-refractivity contribution in [3.05, 3.63) is 23.3 Å². The van der Waals surface area contributed by atoms with E-state index in [4.69, 9.17) is 5.26 Å². The first kappa shape index (κ1) is 15.1. The molecule has 0 saturated heterocycles. The second-order valence-corrected chi connectivity index (χ2v) is 6.83. The Labute approximate surface area is 114 Å². The van der Waals surface area contributed by atoms with Gasteiger partial charge in [0.1, 0.15) is 6.07 Å². The molecule has 19 heavy (non-hydrogen) atoms. The minimum Gasteiger partial charge on any atom is -0.369 e. The van der Waals surface area contributed by atoms with E-state index in [-0.39, 0.29) is 0 Å². The molecule has 0 spiro atoms. The van der Waals surface area contributed by atoms with Crippen LogP contribution >= 0.6 is 0 Å². The van der Waals surface area contributed by atoms with Crippen LogP contribution in [0.2, 0.25) is 0 Å². The maximum absolute atomic E-state index is 11.7. The predicted octanol–water partition coefficient (Wildman–Crippen LogP) is 1.76. The zero-order valence-electron chi connectivity index (χ0n) is 11.6. The summed E-state index contributed by atoms with van der Waals surface area (Å²) in [5.41, 5.74) is 2.48. The van der Waals surface area contributed by atoms with Crippen LogP contribution in [0.1, 0.15) is 11.1 Å². The van der Waals surface area contributed by atoms with Gasteiger partial charge in [-0.2, -0.15) is 5.26 Å². The number of benzene rings is 1. The number of nitrogens with one attached hydrogen (secondary N) is 1. The zero-order chi connectivity index (χ0) is 14.6. The quantitative estimate of drug-likeness (QED) is 0.518. The highest BCUT2D eigenvalue weighted by molar-refractivity contribution is 8.00. The Balaban J connectivity index is 3.31. The normalized spacial score (nSPS) is 13.8. The lowest BCUT2D eigenvalue weighted by Crippen LogP contribution is -2.10. The molecule has 1 atom stereocenters. The third-order valence-electron chi connectivity index (χ3n) is 2.19. The monoisotopic (exact) mass is 278 g/mol. The standard InChI is InChI=1S/C13H18N4OS/c1-10-6-11(16-19(4,5)18)7-13(12(10)8-14)15-9-17(2)3/h6-7,9H,4H2,1-3,5H3,(H,16,18). The molecule has 1 aromatic rings. The van der Waals surface area contributed by atoms with Crippen molar-refractivity contribution in [3.8, 4) is 6.07 Å². The molecule has 5 nitrogen and oxygen atoms in total. The molecule has 0 radical (unpaired) electrons. The van der Waals surface area contributed by atoms with E-state index in [1.54, 1.807) is 23.4 Å². The summed E-state index contributed by atoms with van der Waals surface area (Å²) in [7, 11) is 1.34. The highest BCUT2D eigenvalue weighted by Crippen LogP contribution is 2.27. The number of aliphatic imine (C=N–C) groups is 1. The van der Waals surface area contributed by atoms with Crippen LogP contribution in [-0.2, 0) is 9.71 Å². The Kier molecular flexibility index (Phi) is 4.57. The highest BCUT2D eigenvalue weighted by Gasteiger charge is 2.08. The zero-order valence-corrected chi connectivity index (χ0v) is 12.4. The van der Waals surface area contributed by atoms with Crippen LogP contribution in [-0.4, -0.2) is 41.7 Å². The summed E-state index contributed by atoms with van der Waals surface area (Å²) in [6.45, 7) is 1.82. The summed E-state index contributed by atoms with van der Waals surface area (Å²) in [5.74, 6) is 3.55. The molecule has 102 valence electrons. The van der Waals surface area contributed by atoms with Gasteiger partial charge in [0.05, 0.1) is 17.6 Å². The first-order chi connectivity index (χ1) is 8.73. The fraction of sp³-hybridized carbons (Fsp3) is 0.308. The van der Waals surface area contributed by atoms with Crippen LogP contribution < -0.4 is 4.72 Å². The summed E-state index contributed by atoms with van der Waals surface area (Å²) < 4.78 is 14.5. The Morgan fingerprint density at radius 1 is 1.53 bits per heavy atom. The van der Waals surface area contributed by atoms with Crippen LogP contribution in [0, 0.1) is 18.3 Å². The number of hydrogen-bond acceptors (Lipinski definition) is 3. The van der Waals surface area contributed by atoms with Crippen LogP contribution in [0.5, 0.6) is 0 Å². The van der Waals surface area contributed by atoms with E-state index >= 15 is 0 Å². The average molecular weight is 278 g/mol. The molecule has 0 heterocycles. The maximum atomic E-state index is 11.7. The number of nitriles is 1. The smallest absolute Gasteiger partial charge is 0.102 e. The lowest BCUT2D eigenvalue weighted by molar-refractivity contribution is 0.643. The van der Waals surface area contributed by atoms with Gasteiger partial charge in [-0.15, -0.1) is 0 Å². The van der Waals surface area contributed by atoms with Crippen molar-refractivity contribution < 1.29 is 4.21 Å². The van der Waals surface area contributed by atoms with Gasteiger partial charge in [-0.1, -0.05) is 0 Å². The van der Waals surface area contributed by atoms with E-state index < -0.39 is 9.71 Å². The molecule has 0 fully saturated rings. The van der Waals surface area contributed by atoms with Crippen LogP contribution in [0.4, 0.5) is 11.4 Å². The second kappa shape index (κ2) is 5.76. The van der Waals surface area contributed by atoms with Crippen molar-refractivity contribution in [1.29, 1.82) is 5.26 Å². The molecule has 0 aliphatic carbocycles. The number of rotatable bonds is 4. The van der Waals surface area contributed by atoms with E-state index in [0.29, 0.717) is 16.9 Å². The minimum absolute atomic E-state index is 0.510. The van der Waals surface area contributed by atoms with Gasteiger partial charge in [-0.3, -0.25) is 0 Å². The Morgan fingerprint density at radius 2 is 2.16 bits per heavy atom. The number of hydrogen-bond donors (Lipinski definition) is 1. The second-order valence-electron chi connectivity index (χ2n) is 4.61. The molecule has 1 unspecified atom stereocenters. The molecular weight excluding hydrogens is 260 g/mol. The molecule has 0 bridgehead atoms. The summed E-state index contributed by atoms with van der Waals surface area (Å²) in [6.07, 6.45) is 3.14. The summed E-state index contributed by atoms with van der Waals surface area (Å²) in [6, 6.07) is 5.59.